The number of nitrogens with zero attached hydrogens (tertiary/aromatic N) is 1. The van der Waals surface area contributed by atoms with Gasteiger partial charge in [-0.1, -0.05) is 12.1 Å². The topological polar surface area (TPSA) is 80.1 Å². The fourth-order valence-electron chi connectivity index (χ4n) is 3.47. The molecular weight excluding hydrogens is 350 g/mol. The number of nitro benzene ring substituents is 1. The second kappa shape index (κ2) is 7.54. The van der Waals surface area contributed by atoms with E-state index in [0.29, 0.717) is 30.5 Å². The maximum atomic E-state index is 10.8. The lowest BCUT2D eigenvalue weighted by Crippen LogP contribution is -2.28. The number of para-hydroxylation sites is 2. The minimum Gasteiger partial charge on any atom is -0.487 e. The molecule has 1 unspecified atom stereocenters. The van der Waals surface area contributed by atoms with Gasteiger partial charge in [0, 0.05) is 25.0 Å². The molecule has 142 valence electrons. The van der Waals surface area contributed by atoms with Gasteiger partial charge in [0.1, 0.15) is 18.5 Å². The first-order chi connectivity index (χ1) is 13.1. The summed E-state index contributed by atoms with van der Waals surface area (Å²) in [4.78, 5) is 10.3. The number of hydrogen-bond acceptors (Lipinski definition) is 6. The molecule has 4 rings (SSSR count). The zero-order chi connectivity index (χ0) is 18.7. The zero-order valence-corrected chi connectivity index (χ0v) is 14.8. The van der Waals surface area contributed by atoms with E-state index in [-0.39, 0.29) is 11.8 Å². The van der Waals surface area contributed by atoms with E-state index in [9.17, 15) is 10.1 Å². The molecule has 2 aromatic carbocycles. The van der Waals surface area contributed by atoms with E-state index >= 15 is 0 Å². The fourth-order valence-corrected chi connectivity index (χ4v) is 3.47. The monoisotopic (exact) mass is 371 g/mol. The van der Waals surface area contributed by atoms with E-state index in [1.54, 1.807) is 18.2 Å². The first kappa shape index (κ1) is 17.8. The van der Waals surface area contributed by atoms with Crippen LogP contribution in [0.1, 0.15) is 25.7 Å². The molecule has 2 aromatic rings. The lowest BCUT2D eigenvalue weighted by molar-refractivity contribution is -0.384. The van der Waals surface area contributed by atoms with Crippen LogP contribution in [0.4, 0.5) is 5.69 Å². The van der Waals surface area contributed by atoms with Gasteiger partial charge in [0.2, 0.25) is 0 Å². The SMILES string of the molecule is O=[N+]([O-])c1ccc(Oc2ccccc2OCC2COC3(CCCC3)O2)cc1. The van der Waals surface area contributed by atoms with Crippen molar-refractivity contribution in [1.82, 2.24) is 0 Å². The highest BCUT2D eigenvalue weighted by atomic mass is 16.8. The van der Waals surface area contributed by atoms with Crippen LogP contribution < -0.4 is 9.47 Å². The van der Waals surface area contributed by atoms with Crippen molar-refractivity contribution in [2.75, 3.05) is 13.2 Å². The molecule has 0 bridgehead atoms. The normalized spacial score (nSPS) is 20.7. The summed E-state index contributed by atoms with van der Waals surface area (Å²) in [5.74, 6) is 1.23. The third-order valence-corrected chi connectivity index (χ3v) is 4.83. The van der Waals surface area contributed by atoms with Crippen LogP contribution in [0, 0.1) is 10.1 Å². The predicted molar refractivity (Wildman–Crippen MR) is 97.1 cm³/mol. The lowest BCUT2D eigenvalue weighted by Gasteiger charge is -2.22. The molecule has 2 aliphatic rings. The molecule has 1 aliphatic carbocycles. The summed E-state index contributed by atoms with van der Waals surface area (Å²) in [7, 11) is 0. The minimum atomic E-state index is -0.443. The van der Waals surface area contributed by atoms with Gasteiger partial charge in [-0.05, 0) is 37.1 Å². The Morgan fingerprint density at radius 1 is 1.07 bits per heavy atom. The maximum absolute atomic E-state index is 10.8. The maximum Gasteiger partial charge on any atom is 0.269 e. The molecule has 7 nitrogen and oxygen atoms in total. The Morgan fingerprint density at radius 3 is 2.48 bits per heavy atom. The van der Waals surface area contributed by atoms with Crippen molar-refractivity contribution in [2.24, 2.45) is 0 Å². The Bertz CT molecular complexity index is 800. The minimum absolute atomic E-state index is 0.0195. The van der Waals surface area contributed by atoms with Crippen molar-refractivity contribution in [3.63, 3.8) is 0 Å². The van der Waals surface area contributed by atoms with Crippen molar-refractivity contribution in [1.29, 1.82) is 0 Å². The van der Waals surface area contributed by atoms with Crippen LogP contribution in [0.3, 0.4) is 0 Å². The van der Waals surface area contributed by atoms with Gasteiger partial charge in [0.05, 0.1) is 11.5 Å². The molecule has 1 spiro atoms. The second-order valence-electron chi connectivity index (χ2n) is 6.78. The lowest BCUT2D eigenvalue weighted by atomic mass is 10.2. The number of benzene rings is 2. The summed E-state index contributed by atoms with van der Waals surface area (Å²) in [5.41, 5.74) is 0.0195. The van der Waals surface area contributed by atoms with Crippen LogP contribution in [0.5, 0.6) is 17.2 Å². The Balaban J connectivity index is 1.38. The van der Waals surface area contributed by atoms with Crippen LogP contribution in [0.25, 0.3) is 0 Å². The summed E-state index contributed by atoms with van der Waals surface area (Å²) in [5, 5.41) is 10.8. The Hall–Kier alpha value is -2.64. The van der Waals surface area contributed by atoms with Crippen molar-refractivity contribution in [2.45, 2.75) is 37.6 Å². The van der Waals surface area contributed by atoms with Crippen LogP contribution in [0.2, 0.25) is 0 Å². The first-order valence-corrected chi connectivity index (χ1v) is 9.09. The van der Waals surface area contributed by atoms with Gasteiger partial charge in [-0.3, -0.25) is 10.1 Å². The molecule has 0 radical (unpaired) electrons. The van der Waals surface area contributed by atoms with Gasteiger partial charge in [0.25, 0.3) is 5.69 Å². The molecule has 1 atom stereocenters. The highest BCUT2D eigenvalue weighted by Gasteiger charge is 2.43. The third kappa shape index (κ3) is 4.04. The van der Waals surface area contributed by atoms with Crippen molar-refractivity contribution >= 4 is 5.69 Å². The average Bonchev–Trinajstić information content (AvgIpc) is 3.31. The molecule has 1 heterocycles. The molecule has 2 fully saturated rings. The predicted octanol–water partition coefficient (Wildman–Crippen LogP) is 4.45. The van der Waals surface area contributed by atoms with E-state index in [2.05, 4.69) is 0 Å². The van der Waals surface area contributed by atoms with E-state index in [1.807, 2.05) is 18.2 Å². The van der Waals surface area contributed by atoms with Gasteiger partial charge < -0.3 is 18.9 Å². The number of rotatable bonds is 6. The van der Waals surface area contributed by atoms with E-state index < -0.39 is 10.7 Å². The van der Waals surface area contributed by atoms with Crippen LogP contribution in [0.15, 0.2) is 48.5 Å². The summed E-state index contributed by atoms with van der Waals surface area (Å²) in [6, 6.07) is 13.3. The zero-order valence-electron chi connectivity index (χ0n) is 14.8. The van der Waals surface area contributed by atoms with Gasteiger partial charge in [-0.25, -0.2) is 0 Å². The van der Waals surface area contributed by atoms with Crippen molar-refractivity contribution in [3.05, 3.63) is 58.6 Å². The average molecular weight is 371 g/mol. The highest BCUT2D eigenvalue weighted by Crippen LogP contribution is 2.39. The molecule has 7 heteroatoms. The Morgan fingerprint density at radius 2 is 1.78 bits per heavy atom. The van der Waals surface area contributed by atoms with Crippen LogP contribution in [-0.4, -0.2) is 30.0 Å². The van der Waals surface area contributed by atoms with Crippen molar-refractivity contribution < 1.29 is 23.9 Å². The van der Waals surface area contributed by atoms with Crippen LogP contribution >= 0.6 is 0 Å². The summed E-state index contributed by atoms with van der Waals surface area (Å²) >= 11 is 0. The largest absolute Gasteiger partial charge is 0.487 e. The highest BCUT2D eigenvalue weighted by molar-refractivity contribution is 5.44. The molecule has 1 aliphatic heterocycles. The van der Waals surface area contributed by atoms with E-state index in [0.717, 1.165) is 25.7 Å². The molecule has 1 saturated carbocycles. The molecule has 0 amide bonds. The quantitative estimate of drug-likeness (QED) is 0.551. The molecule has 27 heavy (non-hydrogen) atoms. The van der Waals surface area contributed by atoms with Gasteiger partial charge in [-0.2, -0.15) is 0 Å². The van der Waals surface area contributed by atoms with E-state index in [1.165, 1.54) is 12.1 Å². The molecule has 1 saturated heterocycles. The second-order valence-corrected chi connectivity index (χ2v) is 6.78. The summed E-state index contributed by atoms with van der Waals surface area (Å²) in [6.07, 6.45) is 4.07. The van der Waals surface area contributed by atoms with E-state index in [4.69, 9.17) is 18.9 Å². The smallest absolute Gasteiger partial charge is 0.269 e. The Kier molecular flexibility index (Phi) is 4.96. The number of ether oxygens (including phenoxy) is 4. The first-order valence-electron chi connectivity index (χ1n) is 9.09. The fraction of sp³-hybridized carbons (Fsp3) is 0.400. The standard InChI is InChI=1S/C20H21NO6/c22-21(23)15-7-9-16(10-8-15)26-19-6-2-1-5-18(19)24-13-17-14-25-20(27-17)11-3-4-12-20/h1-2,5-10,17H,3-4,11-14H2. The number of hydrogen-bond donors (Lipinski definition) is 0. The summed E-state index contributed by atoms with van der Waals surface area (Å²) in [6.45, 7) is 0.910. The Labute approximate surface area is 157 Å². The molecule has 0 N–H and O–H groups in total. The molecule has 0 aromatic heterocycles. The summed E-state index contributed by atoms with van der Waals surface area (Å²) < 4.78 is 23.7. The number of nitro groups is 1. The van der Waals surface area contributed by atoms with Gasteiger partial charge in [-0.15, -0.1) is 0 Å². The third-order valence-electron chi connectivity index (χ3n) is 4.83. The number of non-ortho nitro benzene ring substituents is 1. The molecular formula is C20H21NO6. The van der Waals surface area contributed by atoms with Gasteiger partial charge >= 0.3 is 0 Å². The van der Waals surface area contributed by atoms with Crippen molar-refractivity contribution in [3.8, 4) is 17.2 Å². The van der Waals surface area contributed by atoms with Crippen LogP contribution in [-0.2, 0) is 9.47 Å². The van der Waals surface area contributed by atoms with Gasteiger partial charge in [0.15, 0.2) is 17.3 Å².